The van der Waals surface area contributed by atoms with Crippen LogP contribution in [0.5, 0.6) is 0 Å². The van der Waals surface area contributed by atoms with Crippen molar-refractivity contribution in [3.05, 3.63) is 47.3 Å². The van der Waals surface area contributed by atoms with E-state index in [9.17, 15) is 18.8 Å². The second-order valence-corrected chi connectivity index (χ2v) is 4.39. The van der Waals surface area contributed by atoms with Crippen molar-refractivity contribution in [2.75, 3.05) is 5.06 Å². The molecule has 3 rings (SSSR count). The van der Waals surface area contributed by atoms with Gasteiger partial charge in [0, 0.05) is 24.1 Å². The third-order valence-corrected chi connectivity index (χ3v) is 3.17. The van der Waals surface area contributed by atoms with E-state index in [0.29, 0.717) is 10.6 Å². The number of carboxylic acid groups (broad SMARTS) is 1. The van der Waals surface area contributed by atoms with E-state index in [2.05, 4.69) is 4.98 Å². The molecule has 0 spiro atoms. The second-order valence-electron chi connectivity index (χ2n) is 4.39. The third-order valence-electron chi connectivity index (χ3n) is 3.17. The standard InChI is InChI=1S/C13H8F2N2O3/c14-9-2-7-8-1-6(13(18)19)5-17(20)12(8)4-16-11(7)3-10(9)15/h2-5,20H,1H2,(H,18,19). The smallest absolute Gasteiger partial charge is 0.333 e. The minimum absolute atomic E-state index is 0.00812. The topological polar surface area (TPSA) is 73.7 Å². The van der Waals surface area contributed by atoms with Gasteiger partial charge >= 0.3 is 5.97 Å². The highest BCUT2D eigenvalue weighted by atomic mass is 19.2. The predicted molar refractivity (Wildman–Crippen MR) is 65.3 cm³/mol. The first-order chi connectivity index (χ1) is 9.47. The Morgan fingerprint density at radius 2 is 2.00 bits per heavy atom. The molecule has 0 saturated heterocycles. The Bertz CT molecular complexity index is 774. The zero-order valence-electron chi connectivity index (χ0n) is 9.97. The van der Waals surface area contributed by atoms with Gasteiger partial charge in [0.15, 0.2) is 11.6 Å². The van der Waals surface area contributed by atoms with Gasteiger partial charge in [-0.2, -0.15) is 0 Å². The average molecular weight is 278 g/mol. The maximum absolute atomic E-state index is 13.4. The number of anilines is 1. The Morgan fingerprint density at radius 1 is 1.30 bits per heavy atom. The second kappa shape index (κ2) is 4.24. The van der Waals surface area contributed by atoms with Gasteiger partial charge < -0.3 is 5.11 Å². The number of rotatable bonds is 1. The zero-order chi connectivity index (χ0) is 14.4. The number of hydrogen-bond acceptors (Lipinski definition) is 4. The molecule has 2 heterocycles. The molecule has 0 bridgehead atoms. The minimum atomic E-state index is -1.19. The summed E-state index contributed by atoms with van der Waals surface area (Å²) in [6, 6.07) is 1.89. The number of nitrogens with zero attached hydrogens (tertiary/aromatic N) is 2. The molecule has 0 radical (unpaired) electrons. The number of aromatic nitrogens is 1. The first-order valence-electron chi connectivity index (χ1n) is 5.66. The first kappa shape index (κ1) is 12.5. The Hall–Kier alpha value is -2.54. The number of halogens is 2. The van der Waals surface area contributed by atoms with Crippen LogP contribution in [-0.2, 0) is 11.2 Å². The lowest BCUT2D eigenvalue weighted by Crippen LogP contribution is -2.21. The summed E-state index contributed by atoms with van der Waals surface area (Å²) in [7, 11) is 0. The lowest BCUT2D eigenvalue weighted by atomic mass is 9.97. The van der Waals surface area contributed by atoms with Crippen LogP contribution in [-0.4, -0.2) is 21.3 Å². The van der Waals surface area contributed by atoms with Crippen molar-refractivity contribution in [3.8, 4) is 0 Å². The van der Waals surface area contributed by atoms with E-state index < -0.39 is 17.6 Å². The van der Waals surface area contributed by atoms with E-state index >= 15 is 0 Å². The summed E-state index contributed by atoms with van der Waals surface area (Å²) in [5, 5.41) is 19.6. The molecule has 0 aliphatic carbocycles. The number of benzene rings is 1. The molecule has 0 atom stereocenters. The fourth-order valence-corrected chi connectivity index (χ4v) is 2.20. The maximum Gasteiger partial charge on any atom is 0.333 e. The van der Waals surface area contributed by atoms with Crippen LogP contribution < -0.4 is 5.06 Å². The molecule has 1 aliphatic rings. The highest BCUT2D eigenvalue weighted by Crippen LogP contribution is 2.33. The SMILES string of the molecule is O=C(O)C1=CN(O)c2cnc3cc(F)c(F)cc3c2C1. The lowest BCUT2D eigenvalue weighted by molar-refractivity contribution is -0.132. The molecule has 2 N–H and O–H groups in total. The molecule has 0 saturated carbocycles. The fourth-order valence-electron chi connectivity index (χ4n) is 2.20. The normalized spacial score (nSPS) is 14.2. The van der Waals surface area contributed by atoms with Crippen LogP contribution in [0, 0.1) is 11.6 Å². The van der Waals surface area contributed by atoms with Crippen LogP contribution in [0.25, 0.3) is 10.9 Å². The van der Waals surface area contributed by atoms with Crippen molar-refractivity contribution in [2.45, 2.75) is 6.42 Å². The highest BCUT2D eigenvalue weighted by molar-refractivity contribution is 5.94. The van der Waals surface area contributed by atoms with Gasteiger partial charge in [-0.05, 0) is 11.6 Å². The number of hydroxylamine groups is 1. The molecule has 1 aromatic heterocycles. The molecule has 5 nitrogen and oxygen atoms in total. The highest BCUT2D eigenvalue weighted by Gasteiger charge is 2.23. The molecule has 1 aliphatic heterocycles. The van der Waals surface area contributed by atoms with Crippen molar-refractivity contribution in [3.63, 3.8) is 0 Å². The van der Waals surface area contributed by atoms with Crippen molar-refractivity contribution in [1.29, 1.82) is 0 Å². The van der Waals surface area contributed by atoms with Crippen molar-refractivity contribution >= 4 is 22.6 Å². The minimum Gasteiger partial charge on any atom is -0.478 e. The van der Waals surface area contributed by atoms with E-state index in [1.165, 1.54) is 6.20 Å². The fraction of sp³-hybridized carbons (Fsp3) is 0.0769. The molecule has 0 unspecified atom stereocenters. The predicted octanol–water partition coefficient (Wildman–Crippen LogP) is 2.23. The van der Waals surface area contributed by atoms with Gasteiger partial charge in [0.05, 0.1) is 23.0 Å². The molecule has 102 valence electrons. The Kier molecular flexibility index (Phi) is 2.65. The molecule has 20 heavy (non-hydrogen) atoms. The number of fused-ring (bicyclic) bond motifs is 3. The quantitative estimate of drug-likeness (QED) is 0.836. The van der Waals surface area contributed by atoms with Crippen LogP contribution >= 0.6 is 0 Å². The Labute approximate surface area is 111 Å². The summed E-state index contributed by atoms with van der Waals surface area (Å²) in [5.41, 5.74) is 0.768. The van der Waals surface area contributed by atoms with E-state index in [1.807, 2.05) is 0 Å². The number of carboxylic acids is 1. The third kappa shape index (κ3) is 1.79. The monoisotopic (exact) mass is 278 g/mol. The van der Waals surface area contributed by atoms with Crippen LogP contribution in [0.1, 0.15) is 5.56 Å². The molecular weight excluding hydrogens is 270 g/mol. The average Bonchev–Trinajstić information content (AvgIpc) is 2.40. The van der Waals surface area contributed by atoms with Crippen LogP contribution in [0.2, 0.25) is 0 Å². The summed E-state index contributed by atoms with van der Waals surface area (Å²) < 4.78 is 26.5. The largest absolute Gasteiger partial charge is 0.478 e. The summed E-state index contributed by atoms with van der Waals surface area (Å²) in [4.78, 5) is 14.9. The molecule has 0 amide bonds. The Balaban J connectivity index is 2.27. The van der Waals surface area contributed by atoms with E-state index in [0.717, 1.165) is 18.3 Å². The van der Waals surface area contributed by atoms with Crippen LogP contribution in [0.15, 0.2) is 30.1 Å². The van der Waals surface area contributed by atoms with Crippen LogP contribution in [0.4, 0.5) is 14.5 Å². The van der Waals surface area contributed by atoms with E-state index in [1.54, 1.807) is 0 Å². The number of hydrogen-bond donors (Lipinski definition) is 2. The van der Waals surface area contributed by atoms with Crippen LogP contribution in [0.3, 0.4) is 0 Å². The van der Waals surface area contributed by atoms with Gasteiger partial charge in [-0.1, -0.05) is 0 Å². The van der Waals surface area contributed by atoms with Crippen molar-refractivity contribution in [1.82, 2.24) is 4.98 Å². The van der Waals surface area contributed by atoms with Gasteiger partial charge in [0.25, 0.3) is 0 Å². The van der Waals surface area contributed by atoms with Crippen molar-refractivity contribution in [2.24, 2.45) is 0 Å². The van der Waals surface area contributed by atoms with Gasteiger partial charge in [-0.15, -0.1) is 0 Å². The number of aliphatic carboxylic acids is 1. The molecule has 1 aromatic carbocycles. The summed E-state index contributed by atoms with van der Waals surface area (Å²) in [6.45, 7) is 0. The maximum atomic E-state index is 13.4. The van der Waals surface area contributed by atoms with Gasteiger partial charge in [0.1, 0.15) is 0 Å². The molecule has 0 fully saturated rings. The molecule has 7 heteroatoms. The van der Waals surface area contributed by atoms with Gasteiger partial charge in [-0.25, -0.2) is 18.6 Å². The zero-order valence-corrected chi connectivity index (χ0v) is 9.97. The summed E-state index contributed by atoms with van der Waals surface area (Å²) in [6.07, 6.45) is 2.33. The van der Waals surface area contributed by atoms with Gasteiger partial charge in [-0.3, -0.25) is 10.2 Å². The lowest BCUT2D eigenvalue weighted by Gasteiger charge is -2.23. The van der Waals surface area contributed by atoms with E-state index in [4.69, 9.17) is 5.11 Å². The molecule has 2 aromatic rings. The summed E-state index contributed by atoms with van der Waals surface area (Å²) in [5.74, 6) is -3.28. The first-order valence-corrected chi connectivity index (χ1v) is 5.66. The van der Waals surface area contributed by atoms with E-state index in [-0.39, 0.29) is 28.6 Å². The summed E-state index contributed by atoms with van der Waals surface area (Å²) >= 11 is 0. The van der Waals surface area contributed by atoms with Gasteiger partial charge in [0.2, 0.25) is 0 Å². The Morgan fingerprint density at radius 3 is 2.70 bits per heavy atom. The number of carbonyl (C=O) groups is 1. The molecular formula is C13H8F2N2O3. The van der Waals surface area contributed by atoms with Crippen molar-refractivity contribution < 1.29 is 23.9 Å². The number of pyridine rings is 1.